The number of hydrogen-bond donors (Lipinski definition) is 1. The van der Waals surface area contributed by atoms with Crippen molar-refractivity contribution < 1.29 is 9.53 Å². The zero-order valence-electron chi connectivity index (χ0n) is 8.34. The standard InChI is InChI=1S/C10H19NO2/c1-2-13-10(12)6-7-11-8-9-4-3-5-9/h9,11H,2-8H2,1H3. The molecule has 0 amide bonds. The van der Waals surface area contributed by atoms with Crippen LogP contribution in [0.4, 0.5) is 0 Å². The van der Waals surface area contributed by atoms with Gasteiger partial charge in [0.15, 0.2) is 0 Å². The summed E-state index contributed by atoms with van der Waals surface area (Å²) in [6.07, 6.45) is 4.59. The van der Waals surface area contributed by atoms with E-state index in [2.05, 4.69) is 5.32 Å². The summed E-state index contributed by atoms with van der Waals surface area (Å²) in [5, 5.41) is 3.28. The van der Waals surface area contributed by atoms with Gasteiger partial charge < -0.3 is 10.1 Å². The van der Waals surface area contributed by atoms with E-state index in [1.165, 1.54) is 19.3 Å². The molecule has 13 heavy (non-hydrogen) atoms. The molecule has 1 aliphatic rings. The number of rotatable bonds is 6. The van der Waals surface area contributed by atoms with Crippen LogP contribution >= 0.6 is 0 Å². The second-order valence-electron chi connectivity index (χ2n) is 3.56. The molecule has 1 N–H and O–H groups in total. The third-order valence-corrected chi connectivity index (χ3v) is 2.47. The van der Waals surface area contributed by atoms with Crippen molar-refractivity contribution in [3.05, 3.63) is 0 Å². The van der Waals surface area contributed by atoms with Crippen molar-refractivity contribution in [2.75, 3.05) is 19.7 Å². The zero-order valence-corrected chi connectivity index (χ0v) is 8.34. The largest absolute Gasteiger partial charge is 0.466 e. The number of esters is 1. The fourth-order valence-corrected chi connectivity index (χ4v) is 1.43. The summed E-state index contributed by atoms with van der Waals surface area (Å²) in [6, 6.07) is 0. The van der Waals surface area contributed by atoms with Gasteiger partial charge in [0.1, 0.15) is 0 Å². The third kappa shape index (κ3) is 4.27. The number of hydrogen-bond acceptors (Lipinski definition) is 3. The van der Waals surface area contributed by atoms with Crippen LogP contribution in [0.3, 0.4) is 0 Å². The maximum absolute atomic E-state index is 10.9. The summed E-state index contributed by atoms with van der Waals surface area (Å²) in [4.78, 5) is 10.9. The van der Waals surface area contributed by atoms with E-state index in [9.17, 15) is 4.79 Å². The Morgan fingerprint density at radius 1 is 1.54 bits per heavy atom. The first-order valence-corrected chi connectivity index (χ1v) is 5.19. The molecule has 3 nitrogen and oxygen atoms in total. The molecule has 0 atom stereocenters. The van der Waals surface area contributed by atoms with Crippen LogP contribution in [0, 0.1) is 5.92 Å². The summed E-state index contributed by atoms with van der Waals surface area (Å²) in [5.74, 6) is 0.769. The van der Waals surface area contributed by atoms with E-state index in [0.29, 0.717) is 13.0 Å². The fourth-order valence-electron chi connectivity index (χ4n) is 1.43. The highest BCUT2D eigenvalue weighted by atomic mass is 16.5. The molecule has 0 aromatic rings. The van der Waals surface area contributed by atoms with Gasteiger partial charge in [-0.2, -0.15) is 0 Å². The number of carbonyl (C=O) groups is 1. The first-order chi connectivity index (χ1) is 6.33. The Kier molecular flexibility index (Phi) is 4.83. The average Bonchev–Trinajstić information content (AvgIpc) is 2.01. The lowest BCUT2D eigenvalue weighted by Gasteiger charge is -2.25. The monoisotopic (exact) mass is 185 g/mol. The van der Waals surface area contributed by atoms with Gasteiger partial charge in [0.25, 0.3) is 0 Å². The Bertz CT molecular complexity index is 155. The molecule has 76 valence electrons. The molecule has 1 fully saturated rings. The van der Waals surface area contributed by atoms with Gasteiger partial charge in [-0.3, -0.25) is 4.79 Å². The minimum atomic E-state index is -0.0939. The molecular formula is C10H19NO2. The molecule has 1 rings (SSSR count). The molecule has 0 bridgehead atoms. The van der Waals surface area contributed by atoms with Gasteiger partial charge in [-0.15, -0.1) is 0 Å². The SMILES string of the molecule is CCOC(=O)CCNCC1CCC1. The number of ether oxygens (including phenoxy) is 1. The minimum Gasteiger partial charge on any atom is -0.466 e. The van der Waals surface area contributed by atoms with Crippen molar-refractivity contribution in [2.45, 2.75) is 32.6 Å². The molecule has 0 aromatic heterocycles. The molecule has 0 aromatic carbocycles. The van der Waals surface area contributed by atoms with Gasteiger partial charge in [-0.05, 0) is 32.2 Å². The maximum Gasteiger partial charge on any atom is 0.307 e. The van der Waals surface area contributed by atoms with Crippen molar-refractivity contribution in [3.63, 3.8) is 0 Å². The normalized spacial score (nSPS) is 16.7. The van der Waals surface area contributed by atoms with Gasteiger partial charge in [0.05, 0.1) is 13.0 Å². The molecule has 0 spiro atoms. The molecule has 0 unspecified atom stereocenters. The topological polar surface area (TPSA) is 38.3 Å². The average molecular weight is 185 g/mol. The van der Waals surface area contributed by atoms with Crippen molar-refractivity contribution in [2.24, 2.45) is 5.92 Å². The molecule has 0 radical (unpaired) electrons. The van der Waals surface area contributed by atoms with Gasteiger partial charge in [-0.25, -0.2) is 0 Å². The molecule has 3 heteroatoms. The van der Waals surface area contributed by atoms with Crippen LogP contribution in [0.1, 0.15) is 32.6 Å². The predicted octanol–water partition coefficient (Wildman–Crippen LogP) is 1.33. The Labute approximate surface area is 79.8 Å². The summed E-state index contributed by atoms with van der Waals surface area (Å²) in [5.41, 5.74) is 0. The molecule has 1 saturated carbocycles. The second-order valence-corrected chi connectivity index (χ2v) is 3.56. The predicted molar refractivity (Wildman–Crippen MR) is 51.5 cm³/mol. The van der Waals surface area contributed by atoms with Crippen molar-refractivity contribution in [3.8, 4) is 0 Å². The first-order valence-electron chi connectivity index (χ1n) is 5.19. The van der Waals surface area contributed by atoms with E-state index in [0.717, 1.165) is 19.0 Å². The number of nitrogens with one attached hydrogen (secondary N) is 1. The third-order valence-electron chi connectivity index (χ3n) is 2.47. The smallest absolute Gasteiger partial charge is 0.307 e. The van der Waals surface area contributed by atoms with Crippen LogP contribution < -0.4 is 5.32 Å². The summed E-state index contributed by atoms with van der Waals surface area (Å²) in [6.45, 7) is 4.15. The van der Waals surface area contributed by atoms with E-state index in [-0.39, 0.29) is 5.97 Å². The molecule has 0 aliphatic heterocycles. The van der Waals surface area contributed by atoms with Crippen molar-refractivity contribution in [1.82, 2.24) is 5.32 Å². The molecule has 1 aliphatic carbocycles. The quantitative estimate of drug-likeness (QED) is 0.501. The molecular weight excluding hydrogens is 166 g/mol. The van der Waals surface area contributed by atoms with E-state index >= 15 is 0 Å². The van der Waals surface area contributed by atoms with Gasteiger partial charge >= 0.3 is 5.97 Å². The van der Waals surface area contributed by atoms with E-state index in [1.807, 2.05) is 6.92 Å². The van der Waals surface area contributed by atoms with Crippen LogP contribution in [0.5, 0.6) is 0 Å². The molecule has 0 heterocycles. The minimum absolute atomic E-state index is 0.0939. The van der Waals surface area contributed by atoms with Crippen LogP contribution in [0.25, 0.3) is 0 Å². The van der Waals surface area contributed by atoms with Crippen LogP contribution in [-0.2, 0) is 9.53 Å². The van der Waals surface area contributed by atoms with Crippen LogP contribution in [0.2, 0.25) is 0 Å². The Balaban J connectivity index is 1.85. The number of carbonyl (C=O) groups excluding carboxylic acids is 1. The van der Waals surface area contributed by atoms with Gasteiger partial charge in [0.2, 0.25) is 0 Å². The van der Waals surface area contributed by atoms with Gasteiger partial charge in [-0.1, -0.05) is 6.42 Å². The lowest BCUT2D eigenvalue weighted by atomic mass is 9.85. The van der Waals surface area contributed by atoms with Crippen LogP contribution in [0.15, 0.2) is 0 Å². The Hall–Kier alpha value is -0.570. The van der Waals surface area contributed by atoms with E-state index < -0.39 is 0 Å². The zero-order chi connectivity index (χ0) is 9.52. The van der Waals surface area contributed by atoms with Gasteiger partial charge in [0, 0.05) is 6.54 Å². The summed E-state index contributed by atoms with van der Waals surface area (Å²) in [7, 11) is 0. The first kappa shape index (κ1) is 10.5. The maximum atomic E-state index is 10.9. The van der Waals surface area contributed by atoms with E-state index in [1.54, 1.807) is 0 Å². The highest BCUT2D eigenvalue weighted by Gasteiger charge is 2.16. The highest BCUT2D eigenvalue weighted by molar-refractivity contribution is 5.69. The van der Waals surface area contributed by atoms with Crippen molar-refractivity contribution in [1.29, 1.82) is 0 Å². The van der Waals surface area contributed by atoms with E-state index in [4.69, 9.17) is 4.74 Å². The fraction of sp³-hybridized carbons (Fsp3) is 0.900. The van der Waals surface area contributed by atoms with Crippen molar-refractivity contribution >= 4 is 5.97 Å². The lowest BCUT2D eigenvalue weighted by molar-refractivity contribution is -0.142. The summed E-state index contributed by atoms with van der Waals surface area (Å²) < 4.78 is 4.81. The highest BCUT2D eigenvalue weighted by Crippen LogP contribution is 2.24. The second kappa shape index (κ2) is 5.97. The summed E-state index contributed by atoms with van der Waals surface area (Å²) >= 11 is 0. The lowest BCUT2D eigenvalue weighted by Crippen LogP contribution is -2.29. The van der Waals surface area contributed by atoms with Crippen LogP contribution in [-0.4, -0.2) is 25.7 Å². The Morgan fingerprint density at radius 2 is 2.31 bits per heavy atom. The Morgan fingerprint density at radius 3 is 2.85 bits per heavy atom. The molecule has 0 saturated heterocycles.